The normalized spacial score (nSPS) is 10.6. The fourth-order valence-corrected chi connectivity index (χ4v) is 2.40. The summed E-state index contributed by atoms with van der Waals surface area (Å²) in [6.45, 7) is 0. The Bertz CT molecular complexity index is 678. The first-order valence-electron chi connectivity index (χ1n) is 6.12. The van der Waals surface area contributed by atoms with Gasteiger partial charge >= 0.3 is 22.0 Å². The average molecular weight is 329 g/mol. The Hall–Kier alpha value is -2.62. The number of carbonyl (C=O) groups excluding carboxylic acids is 2. The van der Waals surface area contributed by atoms with Crippen molar-refractivity contribution >= 4 is 33.5 Å². The van der Waals surface area contributed by atoms with Gasteiger partial charge in [-0.1, -0.05) is 0 Å². The van der Waals surface area contributed by atoms with Gasteiger partial charge in [0.05, 0.1) is 13.5 Å². The van der Waals surface area contributed by atoms with Gasteiger partial charge in [-0.2, -0.15) is 12.8 Å². The summed E-state index contributed by atoms with van der Waals surface area (Å²) in [4.78, 5) is 22.4. The maximum Gasteiger partial charge on any atom is 0.353 e. The van der Waals surface area contributed by atoms with Gasteiger partial charge in [-0.25, -0.2) is 0 Å². The third kappa shape index (κ3) is 5.40. The largest absolute Gasteiger partial charge is 0.469 e. The molecule has 22 heavy (non-hydrogen) atoms. The predicted octanol–water partition coefficient (Wildman–Crippen LogP) is -2.38. The molecule has 0 bridgehead atoms. The van der Waals surface area contributed by atoms with E-state index in [1.165, 1.54) is 31.4 Å². The molecule has 0 spiro atoms. The van der Waals surface area contributed by atoms with Crippen LogP contribution in [0.1, 0.15) is 12.8 Å². The van der Waals surface area contributed by atoms with Crippen molar-refractivity contribution in [2.24, 2.45) is 11.5 Å². The van der Waals surface area contributed by atoms with E-state index in [4.69, 9.17) is 11.5 Å². The van der Waals surface area contributed by atoms with E-state index in [1.54, 1.807) is 0 Å². The molecule has 0 unspecified atom stereocenters. The molecule has 0 atom stereocenters. The van der Waals surface area contributed by atoms with Crippen LogP contribution in [0, 0.1) is 0 Å². The number of sulfonamides is 1. The SMILES string of the molecule is COC(=O)CCC(=O)Nc1ccc(S(=O)(=O)[NH+]=C(N)N)cc1. The van der Waals surface area contributed by atoms with Crippen LogP contribution in [0.5, 0.6) is 0 Å². The van der Waals surface area contributed by atoms with Crippen molar-refractivity contribution in [3.63, 3.8) is 0 Å². The lowest BCUT2D eigenvalue weighted by Crippen LogP contribution is -2.80. The summed E-state index contributed by atoms with van der Waals surface area (Å²) in [5, 5.41) is 2.52. The quantitative estimate of drug-likeness (QED) is 0.258. The van der Waals surface area contributed by atoms with E-state index in [0.717, 1.165) is 0 Å². The molecule has 10 heteroatoms. The van der Waals surface area contributed by atoms with Crippen LogP contribution in [0.2, 0.25) is 0 Å². The summed E-state index contributed by atoms with van der Waals surface area (Å²) >= 11 is 0. The van der Waals surface area contributed by atoms with E-state index in [1.807, 2.05) is 4.40 Å². The summed E-state index contributed by atoms with van der Waals surface area (Å²) in [7, 11) is -2.61. The van der Waals surface area contributed by atoms with Crippen molar-refractivity contribution in [1.82, 2.24) is 0 Å². The summed E-state index contributed by atoms with van der Waals surface area (Å²) in [6, 6.07) is 5.36. The van der Waals surface area contributed by atoms with Crippen LogP contribution in [0.15, 0.2) is 29.2 Å². The fraction of sp³-hybridized carbons (Fsp3) is 0.250. The van der Waals surface area contributed by atoms with E-state index in [-0.39, 0.29) is 17.7 Å². The van der Waals surface area contributed by atoms with Crippen molar-refractivity contribution in [2.45, 2.75) is 17.7 Å². The number of esters is 1. The van der Waals surface area contributed by atoms with Gasteiger partial charge in [-0.15, -0.1) is 0 Å². The second kappa shape index (κ2) is 7.41. The van der Waals surface area contributed by atoms with Gasteiger partial charge in [-0.05, 0) is 24.3 Å². The number of nitrogens with two attached hydrogens (primary N) is 2. The number of methoxy groups -OCH3 is 1. The van der Waals surface area contributed by atoms with E-state index in [9.17, 15) is 18.0 Å². The van der Waals surface area contributed by atoms with Crippen LogP contribution >= 0.6 is 0 Å². The Morgan fingerprint density at radius 2 is 1.77 bits per heavy atom. The highest BCUT2D eigenvalue weighted by atomic mass is 32.2. The van der Waals surface area contributed by atoms with Crippen LogP contribution in [0.3, 0.4) is 0 Å². The number of guanidine groups is 1. The molecule has 0 saturated heterocycles. The smallest absolute Gasteiger partial charge is 0.353 e. The Morgan fingerprint density at radius 1 is 1.18 bits per heavy atom. The van der Waals surface area contributed by atoms with Crippen LogP contribution in [-0.4, -0.2) is 33.4 Å². The molecule has 0 aliphatic heterocycles. The lowest BCUT2D eigenvalue weighted by atomic mass is 10.2. The van der Waals surface area contributed by atoms with Crippen LogP contribution < -0.4 is 21.2 Å². The minimum Gasteiger partial charge on any atom is -0.469 e. The Morgan fingerprint density at radius 3 is 2.27 bits per heavy atom. The van der Waals surface area contributed by atoms with Gasteiger partial charge in [0.2, 0.25) is 5.91 Å². The first-order chi connectivity index (χ1) is 10.2. The highest BCUT2D eigenvalue weighted by molar-refractivity contribution is 7.84. The zero-order chi connectivity index (χ0) is 16.8. The minimum atomic E-state index is -3.84. The molecule has 1 amide bonds. The first-order valence-corrected chi connectivity index (χ1v) is 7.60. The van der Waals surface area contributed by atoms with Gasteiger partial charge in [0.1, 0.15) is 4.90 Å². The van der Waals surface area contributed by atoms with Crippen molar-refractivity contribution < 1.29 is 27.1 Å². The number of benzene rings is 1. The zero-order valence-corrected chi connectivity index (χ0v) is 12.6. The summed E-state index contributed by atoms with van der Waals surface area (Å²) < 4.78 is 29.9. The molecule has 0 fully saturated rings. The molecule has 0 aromatic heterocycles. The molecule has 0 radical (unpaired) electrons. The van der Waals surface area contributed by atoms with E-state index in [0.29, 0.717) is 5.69 Å². The van der Waals surface area contributed by atoms with E-state index in [2.05, 4.69) is 10.1 Å². The molecule has 6 N–H and O–H groups in total. The number of rotatable bonds is 6. The molecule has 1 aromatic carbocycles. The molecule has 9 nitrogen and oxygen atoms in total. The third-order valence-corrected chi connectivity index (χ3v) is 3.88. The van der Waals surface area contributed by atoms with Crippen LogP contribution in [-0.2, 0) is 24.3 Å². The number of nitrogens with one attached hydrogen (secondary N) is 2. The Labute approximate surface area is 127 Å². The molecule has 1 rings (SSSR count). The molecule has 0 heterocycles. The standard InChI is InChI=1S/C12H16N4O5S/c1-21-11(18)7-6-10(17)15-8-2-4-9(5-3-8)22(19,20)16-12(13)14/h2-5H,6-7H2,1H3,(H,15,17)(H4,13,14,16)/p+1. The number of ether oxygens (including phenoxy) is 1. The van der Waals surface area contributed by atoms with Crippen molar-refractivity contribution in [2.75, 3.05) is 12.4 Å². The van der Waals surface area contributed by atoms with Gasteiger partial charge in [0.25, 0.3) is 0 Å². The summed E-state index contributed by atoms with van der Waals surface area (Å²) in [5.74, 6) is -1.32. The van der Waals surface area contributed by atoms with Gasteiger partial charge in [0, 0.05) is 12.1 Å². The fourth-order valence-electron chi connectivity index (χ4n) is 1.47. The first kappa shape index (κ1) is 17.4. The highest BCUT2D eigenvalue weighted by Gasteiger charge is 2.14. The number of amides is 1. The molecule has 0 saturated carbocycles. The number of anilines is 1. The zero-order valence-electron chi connectivity index (χ0n) is 11.8. The number of hydrogen-bond donors (Lipinski definition) is 4. The molecular weight excluding hydrogens is 312 g/mol. The minimum absolute atomic E-state index is 0.0348. The topological polar surface area (TPSA) is 156 Å². The number of carbonyl (C=O) groups is 2. The average Bonchev–Trinajstić information content (AvgIpc) is 2.44. The van der Waals surface area contributed by atoms with E-state index < -0.39 is 27.9 Å². The second-order valence-corrected chi connectivity index (χ2v) is 5.89. The molecule has 1 aromatic rings. The lowest BCUT2D eigenvalue weighted by Gasteiger charge is -2.05. The Kier molecular flexibility index (Phi) is 5.87. The van der Waals surface area contributed by atoms with Crippen LogP contribution in [0.25, 0.3) is 0 Å². The monoisotopic (exact) mass is 329 g/mol. The predicted molar refractivity (Wildman–Crippen MR) is 77.9 cm³/mol. The van der Waals surface area contributed by atoms with Crippen molar-refractivity contribution in [3.05, 3.63) is 24.3 Å². The maximum absolute atomic E-state index is 11.8. The Balaban J connectivity index is 2.72. The van der Waals surface area contributed by atoms with Gasteiger partial charge < -0.3 is 10.1 Å². The molecular formula is C12H17N4O5S+. The van der Waals surface area contributed by atoms with Crippen molar-refractivity contribution in [1.29, 1.82) is 0 Å². The van der Waals surface area contributed by atoms with E-state index >= 15 is 0 Å². The van der Waals surface area contributed by atoms with Crippen molar-refractivity contribution in [3.8, 4) is 0 Å². The number of hydrogen-bond acceptors (Lipinski definition) is 5. The molecule has 120 valence electrons. The lowest BCUT2D eigenvalue weighted by molar-refractivity contribution is -0.270. The summed E-state index contributed by atoms with van der Waals surface area (Å²) in [6.07, 6.45) is -0.0721. The molecule has 0 aliphatic rings. The third-order valence-electron chi connectivity index (χ3n) is 2.48. The van der Waals surface area contributed by atoms with Crippen LogP contribution in [0.4, 0.5) is 5.69 Å². The summed E-state index contributed by atoms with van der Waals surface area (Å²) in [5.41, 5.74) is 10.6. The van der Waals surface area contributed by atoms with Gasteiger partial charge in [-0.3, -0.25) is 21.1 Å². The van der Waals surface area contributed by atoms with Gasteiger partial charge in [0.15, 0.2) is 0 Å². The maximum atomic E-state index is 11.8. The highest BCUT2D eigenvalue weighted by Crippen LogP contribution is 2.12. The molecule has 0 aliphatic carbocycles. The second-order valence-electron chi connectivity index (χ2n) is 4.21.